The highest BCUT2D eigenvalue weighted by atomic mass is 16.5. The third kappa shape index (κ3) is 5.04. The highest BCUT2D eigenvalue weighted by molar-refractivity contribution is 5.95. The van der Waals surface area contributed by atoms with Gasteiger partial charge in [0.2, 0.25) is 0 Å². The predicted octanol–water partition coefficient (Wildman–Crippen LogP) is 4.10. The van der Waals surface area contributed by atoms with E-state index in [4.69, 9.17) is 4.74 Å². The molecule has 0 radical (unpaired) electrons. The fraction of sp³-hybridized carbons (Fsp3) is 0.233. The second-order valence-electron chi connectivity index (χ2n) is 9.15. The van der Waals surface area contributed by atoms with E-state index in [1.807, 2.05) is 43.3 Å². The average molecular weight is 495 g/mol. The zero-order chi connectivity index (χ0) is 25.8. The maximum Gasteiger partial charge on any atom is 0.278 e. The van der Waals surface area contributed by atoms with Crippen LogP contribution in [0.3, 0.4) is 0 Å². The number of hydrogen-bond acceptors (Lipinski definition) is 5. The van der Waals surface area contributed by atoms with E-state index in [0.717, 1.165) is 5.56 Å². The van der Waals surface area contributed by atoms with E-state index in [9.17, 15) is 9.59 Å². The first kappa shape index (κ1) is 24.5. The first-order chi connectivity index (χ1) is 18.1. The minimum Gasteiger partial charge on any atom is -0.494 e. The van der Waals surface area contributed by atoms with Gasteiger partial charge in [0.05, 0.1) is 24.9 Å². The highest BCUT2D eigenvalue weighted by Gasteiger charge is 2.30. The Hall–Kier alpha value is -4.23. The topological polar surface area (TPSA) is 67.7 Å². The molecular formula is C30H30N4O3. The molecule has 3 aromatic carbocycles. The monoisotopic (exact) mass is 494 g/mol. The Kier molecular flexibility index (Phi) is 7.14. The van der Waals surface area contributed by atoms with Crippen molar-refractivity contribution < 1.29 is 9.53 Å². The molecule has 0 N–H and O–H groups in total. The summed E-state index contributed by atoms with van der Waals surface area (Å²) in [5.74, 6) is -0.0523. The van der Waals surface area contributed by atoms with Crippen LogP contribution in [-0.4, -0.2) is 58.8 Å². The maximum atomic E-state index is 13.6. The van der Waals surface area contributed by atoms with Crippen LogP contribution in [-0.2, 0) is 0 Å². The second kappa shape index (κ2) is 10.8. The molecule has 7 heteroatoms. The van der Waals surface area contributed by atoms with Crippen molar-refractivity contribution in [2.24, 2.45) is 0 Å². The van der Waals surface area contributed by atoms with Gasteiger partial charge >= 0.3 is 0 Å². The molecule has 1 amide bonds. The summed E-state index contributed by atoms with van der Waals surface area (Å²) in [5, 5.41) is 4.47. The quantitative estimate of drug-likeness (QED) is 0.404. The Morgan fingerprint density at radius 1 is 0.838 bits per heavy atom. The first-order valence-electron chi connectivity index (χ1n) is 12.4. The number of carbonyl (C=O) groups is 1. The standard InChI is InChI=1S/C30H30N4O3/c1-22-11-9-10-16-25(22)34-27(35)21-26(37-2)28(31-34)30(36)33-19-17-32(18-20-33)29(23-12-5-3-6-13-23)24-14-7-4-8-15-24/h3-16,21,29H,17-20H2,1-2H3. The Morgan fingerprint density at radius 3 is 1.97 bits per heavy atom. The van der Waals surface area contributed by atoms with E-state index in [1.165, 1.54) is 29.0 Å². The number of carbonyl (C=O) groups excluding carboxylic acids is 1. The lowest BCUT2D eigenvalue weighted by Crippen LogP contribution is -2.50. The summed E-state index contributed by atoms with van der Waals surface area (Å²) in [7, 11) is 1.45. The number of hydrogen-bond donors (Lipinski definition) is 0. The SMILES string of the molecule is COc1cc(=O)n(-c2ccccc2C)nc1C(=O)N1CCN(C(c2ccccc2)c2ccccc2)CC1. The molecule has 4 aromatic rings. The summed E-state index contributed by atoms with van der Waals surface area (Å²) in [5.41, 5.74) is 3.77. The average Bonchev–Trinajstić information content (AvgIpc) is 2.95. The third-order valence-electron chi connectivity index (χ3n) is 6.86. The van der Waals surface area contributed by atoms with Crippen LogP contribution in [0.5, 0.6) is 5.75 Å². The fourth-order valence-electron chi connectivity index (χ4n) is 4.94. The summed E-state index contributed by atoms with van der Waals surface area (Å²) < 4.78 is 6.68. The lowest BCUT2D eigenvalue weighted by Gasteiger charge is -2.39. The van der Waals surface area contributed by atoms with Crippen LogP contribution in [0.25, 0.3) is 5.69 Å². The molecule has 5 rings (SSSR count). The molecule has 1 aliphatic rings. The lowest BCUT2D eigenvalue weighted by atomic mass is 9.96. The van der Waals surface area contributed by atoms with Crippen molar-refractivity contribution in [1.82, 2.24) is 19.6 Å². The van der Waals surface area contributed by atoms with Crippen LogP contribution in [0, 0.1) is 6.92 Å². The molecule has 0 atom stereocenters. The summed E-state index contributed by atoms with van der Waals surface area (Å²) in [6.45, 7) is 4.41. The Morgan fingerprint density at radius 2 is 1.41 bits per heavy atom. The van der Waals surface area contributed by atoms with Crippen LogP contribution in [0.2, 0.25) is 0 Å². The van der Waals surface area contributed by atoms with Gasteiger partial charge in [-0.1, -0.05) is 78.9 Å². The predicted molar refractivity (Wildman–Crippen MR) is 143 cm³/mol. The van der Waals surface area contributed by atoms with E-state index in [-0.39, 0.29) is 29.0 Å². The molecule has 0 unspecified atom stereocenters. The minimum absolute atomic E-state index is 0.107. The Labute approximate surface area is 216 Å². The molecule has 0 bridgehead atoms. The zero-order valence-corrected chi connectivity index (χ0v) is 21.1. The van der Waals surface area contributed by atoms with Crippen molar-refractivity contribution in [3.8, 4) is 11.4 Å². The fourth-order valence-corrected chi connectivity index (χ4v) is 4.94. The molecule has 1 saturated heterocycles. The summed E-state index contributed by atoms with van der Waals surface area (Å²) in [6.07, 6.45) is 0. The van der Waals surface area contributed by atoms with Gasteiger partial charge in [0.1, 0.15) is 0 Å². The number of aromatic nitrogens is 2. The molecule has 1 fully saturated rings. The molecule has 188 valence electrons. The number of aryl methyl sites for hydroxylation is 1. The van der Waals surface area contributed by atoms with Gasteiger partial charge in [-0.25, -0.2) is 0 Å². The highest BCUT2D eigenvalue weighted by Crippen LogP contribution is 2.30. The minimum atomic E-state index is -0.346. The smallest absolute Gasteiger partial charge is 0.278 e. The van der Waals surface area contributed by atoms with Crippen LogP contribution in [0.4, 0.5) is 0 Å². The molecule has 0 saturated carbocycles. The van der Waals surface area contributed by atoms with Gasteiger partial charge in [0.25, 0.3) is 11.5 Å². The largest absolute Gasteiger partial charge is 0.494 e. The Bertz CT molecular complexity index is 1390. The second-order valence-corrected chi connectivity index (χ2v) is 9.15. The summed E-state index contributed by atoms with van der Waals surface area (Å²) >= 11 is 0. The normalized spacial score (nSPS) is 14.1. The molecule has 2 heterocycles. The van der Waals surface area contributed by atoms with Crippen molar-refractivity contribution in [3.63, 3.8) is 0 Å². The number of piperazine rings is 1. The van der Waals surface area contributed by atoms with Gasteiger partial charge in [-0.3, -0.25) is 14.5 Å². The van der Waals surface area contributed by atoms with E-state index in [2.05, 4.69) is 58.5 Å². The van der Waals surface area contributed by atoms with Gasteiger partial charge in [0, 0.05) is 26.2 Å². The van der Waals surface area contributed by atoms with Crippen LogP contribution in [0.1, 0.15) is 33.2 Å². The number of rotatable bonds is 6. The number of ether oxygens (including phenoxy) is 1. The number of amides is 1. The van der Waals surface area contributed by atoms with Gasteiger partial charge < -0.3 is 9.64 Å². The molecule has 1 aliphatic heterocycles. The number of methoxy groups -OCH3 is 1. The third-order valence-corrected chi connectivity index (χ3v) is 6.86. The zero-order valence-electron chi connectivity index (χ0n) is 21.1. The van der Waals surface area contributed by atoms with Crippen LogP contribution >= 0.6 is 0 Å². The van der Waals surface area contributed by atoms with Gasteiger partial charge in [0.15, 0.2) is 11.4 Å². The number of para-hydroxylation sites is 1. The van der Waals surface area contributed by atoms with Crippen molar-refractivity contribution in [1.29, 1.82) is 0 Å². The van der Waals surface area contributed by atoms with E-state index < -0.39 is 0 Å². The Balaban J connectivity index is 1.40. The van der Waals surface area contributed by atoms with Gasteiger partial charge in [-0.2, -0.15) is 9.78 Å². The molecule has 37 heavy (non-hydrogen) atoms. The van der Waals surface area contributed by atoms with Crippen LogP contribution in [0.15, 0.2) is 95.8 Å². The van der Waals surface area contributed by atoms with Crippen molar-refractivity contribution in [2.45, 2.75) is 13.0 Å². The van der Waals surface area contributed by atoms with E-state index in [1.54, 1.807) is 4.90 Å². The van der Waals surface area contributed by atoms with E-state index in [0.29, 0.717) is 31.9 Å². The van der Waals surface area contributed by atoms with Gasteiger partial charge in [-0.05, 0) is 29.7 Å². The van der Waals surface area contributed by atoms with Crippen LogP contribution < -0.4 is 10.3 Å². The first-order valence-corrected chi connectivity index (χ1v) is 12.4. The summed E-state index contributed by atoms with van der Waals surface area (Å²) in [4.78, 5) is 30.6. The number of benzene rings is 3. The van der Waals surface area contributed by atoms with Gasteiger partial charge in [-0.15, -0.1) is 0 Å². The van der Waals surface area contributed by atoms with E-state index >= 15 is 0 Å². The maximum absolute atomic E-state index is 13.6. The molecule has 1 aromatic heterocycles. The molecule has 0 spiro atoms. The molecular weight excluding hydrogens is 464 g/mol. The summed E-state index contributed by atoms with van der Waals surface area (Å²) in [6, 6.07) is 29.8. The molecule has 0 aliphatic carbocycles. The van der Waals surface area contributed by atoms with Crippen molar-refractivity contribution in [2.75, 3.05) is 33.3 Å². The number of nitrogens with zero attached hydrogens (tertiary/aromatic N) is 4. The molecule has 7 nitrogen and oxygen atoms in total. The van der Waals surface area contributed by atoms with Crippen molar-refractivity contribution >= 4 is 5.91 Å². The van der Waals surface area contributed by atoms with Crippen molar-refractivity contribution in [3.05, 3.63) is 124 Å². The lowest BCUT2D eigenvalue weighted by molar-refractivity contribution is 0.0586.